The van der Waals surface area contributed by atoms with Crippen LogP contribution in [0.25, 0.3) is 0 Å². The first-order valence-electron chi connectivity index (χ1n) is 6.54. The molecule has 8 heteroatoms. The number of carboxylic acid groups (broad SMARTS) is 1. The number of aliphatic hydroxyl groups excluding tert-OH is 1. The zero-order valence-corrected chi connectivity index (χ0v) is 12.4. The molecule has 2 heterocycles. The molecule has 0 saturated carbocycles. The van der Waals surface area contributed by atoms with Crippen LogP contribution in [-0.2, 0) is 16.6 Å². The number of amides is 1. The lowest BCUT2D eigenvalue weighted by molar-refractivity contribution is -0.145. The molecule has 2 rings (SSSR count). The van der Waals surface area contributed by atoms with Crippen LogP contribution in [0.3, 0.4) is 0 Å². The van der Waals surface area contributed by atoms with Crippen LogP contribution < -0.4 is 0 Å². The van der Waals surface area contributed by atoms with Crippen LogP contribution in [0.15, 0.2) is 6.20 Å². The highest BCUT2D eigenvalue weighted by atomic mass is 16.6. The quantitative estimate of drug-likeness (QED) is 0.795. The van der Waals surface area contributed by atoms with Gasteiger partial charge in [0, 0.05) is 12.6 Å². The van der Waals surface area contributed by atoms with Crippen molar-refractivity contribution in [3.05, 3.63) is 17.5 Å². The Morgan fingerprint density at radius 1 is 1.43 bits per heavy atom. The van der Waals surface area contributed by atoms with Crippen LogP contribution in [0, 0.1) is 0 Å². The molecule has 1 unspecified atom stereocenters. The maximum absolute atomic E-state index is 12.2. The van der Waals surface area contributed by atoms with Gasteiger partial charge in [-0.15, -0.1) is 0 Å². The molecular formula is C13H19N3O5. The van der Waals surface area contributed by atoms with Crippen LogP contribution in [0.1, 0.15) is 44.2 Å². The van der Waals surface area contributed by atoms with Gasteiger partial charge in [0.2, 0.25) is 0 Å². The monoisotopic (exact) mass is 297 g/mol. The molecule has 0 aromatic carbocycles. The second-order valence-corrected chi connectivity index (χ2v) is 6.00. The summed E-state index contributed by atoms with van der Waals surface area (Å²) in [6.07, 6.45) is -0.347. The average Bonchev–Trinajstić information content (AvgIpc) is 2.69. The topological polar surface area (TPSA) is 105 Å². The normalized spacial score (nSPS) is 21.9. The summed E-state index contributed by atoms with van der Waals surface area (Å²) < 4.78 is 6.58. The number of carboxylic acids is 1. The third-order valence-electron chi connectivity index (χ3n) is 3.18. The molecular weight excluding hydrogens is 278 g/mol. The van der Waals surface area contributed by atoms with E-state index in [1.807, 2.05) is 0 Å². The number of β-amino-alcohol motifs (C(OH)–C–C–N with tert-alkyl or cyclic N) is 1. The highest BCUT2D eigenvalue weighted by Crippen LogP contribution is 2.35. The van der Waals surface area contributed by atoms with Crippen LogP contribution in [0.4, 0.5) is 4.79 Å². The molecule has 8 nitrogen and oxygen atoms in total. The molecule has 0 bridgehead atoms. The minimum absolute atomic E-state index is 0.148. The van der Waals surface area contributed by atoms with Gasteiger partial charge in [0.25, 0.3) is 0 Å². The fraction of sp³-hybridized carbons (Fsp3) is 0.615. The first kappa shape index (κ1) is 15.3. The van der Waals surface area contributed by atoms with Crippen LogP contribution in [-0.4, -0.2) is 49.1 Å². The largest absolute Gasteiger partial charge is 0.479 e. The third kappa shape index (κ3) is 2.85. The predicted molar refractivity (Wildman–Crippen MR) is 71.5 cm³/mol. The second-order valence-electron chi connectivity index (χ2n) is 6.00. The summed E-state index contributed by atoms with van der Waals surface area (Å²) in [5.74, 6) is -1.20. The van der Waals surface area contributed by atoms with E-state index in [0.717, 1.165) is 4.90 Å². The first-order valence-corrected chi connectivity index (χ1v) is 6.54. The maximum Gasteiger partial charge on any atom is 0.411 e. The van der Waals surface area contributed by atoms with Crippen LogP contribution in [0.2, 0.25) is 0 Å². The van der Waals surface area contributed by atoms with Crippen molar-refractivity contribution in [1.29, 1.82) is 0 Å². The van der Waals surface area contributed by atoms with Crippen LogP contribution >= 0.6 is 0 Å². The first-order chi connectivity index (χ1) is 9.61. The highest BCUT2D eigenvalue weighted by molar-refractivity contribution is 5.82. The SMILES string of the molecule is Cn1ncc2c1[C@@H](C(=O)O)N(C(=O)OC(C)(C)C)CC2O. The number of fused-ring (bicyclic) bond motifs is 1. The number of aromatic nitrogens is 2. The molecule has 1 aliphatic rings. The lowest BCUT2D eigenvalue weighted by atomic mass is 9.98. The van der Waals surface area contributed by atoms with Crippen molar-refractivity contribution in [2.45, 2.75) is 38.5 Å². The molecule has 0 spiro atoms. The van der Waals surface area contributed by atoms with E-state index < -0.39 is 29.8 Å². The Bertz CT molecular complexity index is 575. The number of carbonyl (C=O) groups excluding carboxylic acids is 1. The zero-order valence-electron chi connectivity index (χ0n) is 12.4. The smallest absolute Gasteiger partial charge is 0.411 e. The van der Waals surface area contributed by atoms with E-state index in [-0.39, 0.29) is 12.2 Å². The van der Waals surface area contributed by atoms with Crippen molar-refractivity contribution in [2.24, 2.45) is 7.05 Å². The summed E-state index contributed by atoms with van der Waals surface area (Å²) in [7, 11) is 1.57. The Balaban J connectivity index is 2.41. The molecule has 1 aromatic rings. The molecule has 2 N–H and O–H groups in total. The van der Waals surface area contributed by atoms with Crippen molar-refractivity contribution < 1.29 is 24.5 Å². The molecule has 1 amide bonds. The Hall–Kier alpha value is -2.09. The fourth-order valence-electron chi connectivity index (χ4n) is 2.34. The van der Waals surface area contributed by atoms with E-state index in [2.05, 4.69) is 5.10 Å². The summed E-state index contributed by atoms with van der Waals surface area (Å²) in [5.41, 5.74) is -0.0468. The molecule has 1 aliphatic heterocycles. The predicted octanol–water partition coefficient (Wildman–Crippen LogP) is 0.830. The van der Waals surface area contributed by atoms with E-state index in [1.54, 1.807) is 27.8 Å². The van der Waals surface area contributed by atoms with Crippen LogP contribution in [0.5, 0.6) is 0 Å². The Kier molecular flexibility index (Phi) is 3.66. The van der Waals surface area contributed by atoms with Gasteiger partial charge in [-0.3, -0.25) is 9.58 Å². The van der Waals surface area contributed by atoms with Crippen molar-refractivity contribution in [1.82, 2.24) is 14.7 Å². The number of ether oxygens (including phenoxy) is 1. The number of aliphatic carboxylic acids is 1. The van der Waals surface area contributed by atoms with Crippen molar-refractivity contribution in [2.75, 3.05) is 6.54 Å². The molecule has 0 saturated heterocycles. The van der Waals surface area contributed by atoms with Gasteiger partial charge in [-0.2, -0.15) is 5.10 Å². The van der Waals surface area contributed by atoms with Crippen molar-refractivity contribution >= 4 is 12.1 Å². The van der Waals surface area contributed by atoms with Gasteiger partial charge in [-0.1, -0.05) is 0 Å². The van der Waals surface area contributed by atoms with E-state index in [0.29, 0.717) is 5.56 Å². The fourth-order valence-corrected chi connectivity index (χ4v) is 2.34. The van der Waals surface area contributed by atoms with E-state index in [9.17, 15) is 19.8 Å². The van der Waals surface area contributed by atoms with E-state index in [1.165, 1.54) is 10.9 Å². The number of hydrogen-bond donors (Lipinski definition) is 2. The minimum Gasteiger partial charge on any atom is -0.479 e. The standard InChI is InChI=1S/C13H19N3O5/c1-13(2,3)21-12(20)16-6-8(17)7-5-14-15(4)9(7)10(16)11(18)19/h5,8,10,17H,6H2,1-4H3,(H,18,19)/t8?,10-/m0/s1. The maximum atomic E-state index is 12.2. The van der Waals surface area contributed by atoms with Gasteiger partial charge < -0.3 is 14.9 Å². The Labute approximate surface area is 121 Å². The number of carbonyl (C=O) groups is 2. The number of aryl methyl sites for hydroxylation is 1. The second kappa shape index (κ2) is 5.03. The van der Waals surface area contributed by atoms with Gasteiger partial charge >= 0.3 is 12.1 Å². The zero-order chi connectivity index (χ0) is 15.9. The lowest BCUT2D eigenvalue weighted by Crippen LogP contribution is -2.47. The lowest BCUT2D eigenvalue weighted by Gasteiger charge is -2.36. The summed E-state index contributed by atoms with van der Waals surface area (Å²) in [4.78, 5) is 24.8. The van der Waals surface area contributed by atoms with Gasteiger partial charge in [-0.05, 0) is 20.8 Å². The summed E-state index contributed by atoms with van der Waals surface area (Å²) in [5, 5.41) is 23.5. The number of rotatable bonds is 1. The summed E-state index contributed by atoms with van der Waals surface area (Å²) in [6, 6.07) is -1.23. The molecule has 0 aliphatic carbocycles. The molecule has 116 valence electrons. The van der Waals surface area contributed by atoms with Gasteiger partial charge in [0.15, 0.2) is 6.04 Å². The van der Waals surface area contributed by atoms with E-state index in [4.69, 9.17) is 4.74 Å². The molecule has 0 radical (unpaired) electrons. The minimum atomic E-state index is -1.23. The van der Waals surface area contributed by atoms with Gasteiger partial charge in [-0.25, -0.2) is 9.59 Å². The molecule has 2 atom stereocenters. The summed E-state index contributed by atoms with van der Waals surface area (Å²) in [6.45, 7) is 4.92. The van der Waals surface area contributed by atoms with Crippen molar-refractivity contribution in [3.8, 4) is 0 Å². The Morgan fingerprint density at radius 2 is 2.05 bits per heavy atom. The van der Waals surface area contributed by atoms with Gasteiger partial charge in [0.05, 0.1) is 18.4 Å². The highest BCUT2D eigenvalue weighted by Gasteiger charge is 2.43. The van der Waals surface area contributed by atoms with E-state index >= 15 is 0 Å². The number of hydrogen-bond acceptors (Lipinski definition) is 5. The average molecular weight is 297 g/mol. The number of aliphatic hydroxyl groups is 1. The van der Waals surface area contributed by atoms with Gasteiger partial charge in [0.1, 0.15) is 11.7 Å². The Morgan fingerprint density at radius 3 is 2.57 bits per heavy atom. The van der Waals surface area contributed by atoms with Crippen molar-refractivity contribution in [3.63, 3.8) is 0 Å². The third-order valence-corrected chi connectivity index (χ3v) is 3.18. The molecule has 0 fully saturated rings. The summed E-state index contributed by atoms with van der Waals surface area (Å²) >= 11 is 0. The number of nitrogens with zero attached hydrogens (tertiary/aromatic N) is 3. The molecule has 21 heavy (non-hydrogen) atoms. The molecule has 1 aromatic heterocycles.